The Morgan fingerprint density at radius 3 is 2.45 bits per heavy atom. The molecule has 1 aromatic heterocycles. The van der Waals surface area contributed by atoms with E-state index in [0.717, 1.165) is 0 Å². The number of carbonyl (C=O) groups excluding carboxylic acids is 1. The molecule has 29 heavy (non-hydrogen) atoms. The first-order valence-corrected chi connectivity index (χ1v) is 8.63. The molecule has 3 aromatic rings. The third-order valence-corrected chi connectivity index (χ3v) is 4.25. The van der Waals surface area contributed by atoms with Crippen LogP contribution in [-0.2, 0) is 11.8 Å². The summed E-state index contributed by atoms with van der Waals surface area (Å²) < 4.78 is 55.8. The van der Waals surface area contributed by atoms with Crippen molar-refractivity contribution in [1.82, 2.24) is 14.9 Å². The van der Waals surface area contributed by atoms with Gasteiger partial charge in [0.05, 0.1) is 5.57 Å². The van der Waals surface area contributed by atoms with Crippen molar-refractivity contribution >= 4 is 11.5 Å². The first kappa shape index (κ1) is 20.3. The molecule has 0 bridgehead atoms. The number of nitrogens with zero attached hydrogens (tertiary/aromatic N) is 2. The quantitative estimate of drug-likeness (QED) is 0.507. The van der Waals surface area contributed by atoms with Crippen molar-refractivity contribution in [2.75, 3.05) is 0 Å². The molecule has 0 saturated heterocycles. The van der Waals surface area contributed by atoms with E-state index in [2.05, 4.69) is 10.3 Å². The Hall–Kier alpha value is -3.42. The summed E-state index contributed by atoms with van der Waals surface area (Å²) >= 11 is 0. The van der Waals surface area contributed by atoms with Crippen molar-refractivity contribution in [2.24, 2.45) is 7.05 Å². The highest BCUT2D eigenvalue weighted by Gasteiger charge is 2.35. The molecular formula is C21H17F4N3O. The summed E-state index contributed by atoms with van der Waals surface area (Å²) in [4.78, 5) is 16.7. The van der Waals surface area contributed by atoms with Crippen molar-refractivity contribution in [3.63, 3.8) is 0 Å². The third-order valence-electron chi connectivity index (χ3n) is 4.25. The number of rotatable bonds is 5. The van der Waals surface area contributed by atoms with Gasteiger partial charge in [0.25, 0.3) is 0 Å². The second kappa shape index (κ2) is 8.30. The van der Waals surface area contributed by atoms with Gasteiger partial charge in [-0.05, 0) is 23.3 Å². The van der Waals surface area contributed by atoms with Gasteiger partial charge in [-0.1, -0.05) is 42.5 Å². The molecule has 1 atom stereocenters. The minimum Gasteiger partial charge on any atom is -0.338 e. The number of hydrogen-bond acceptors (Lipinski definition) is 2. The zero-order valence-corrected chi connectivity index (χ0v) is 15.3. The number of aromatic nitrogens is 2. The number of aryl methyl sites for hydroxylation is 1. The lowest BCUT2D eigenvalue weighted by molar-refractivity contribution is -0.117. The second-order valence-electron chi connectivity index (χ2n) is 6.31. The molecule has 3 rings (SSSR count). The molecular weight excluding hydrogens is 386 g/mol. The van der Waals surface area contributed by atoms with Crippen molar-refractivity contribution in [1.29, 1.82) is 0 Å². The maximum atomic E-state index is 13.7. The molecule has 0 spiro atoms. The number of alkyl halides is 3. The monoisotopic (exact) mass is 403 g/mol. The summed E-state index contributed by atoms with van der Waals surface area (Å²) in [5.74, 6) is -1.16. The van der Waals surface area contributed by atoms with Gasteiger partial charge < -0.3 is 9.88 Å². The van der Waals surface area contributed by atoms with Crippen LogP contribution in [0.3, 0.4) is 0 Å². The molecule has 150 valence electrons. The fraction of sp³-hybridized carbons (Fsp3) is 0.143. The zero-order valence-electron chi connectivity index (χ0n) is 15.3. The number of halogens is 4. The van der Waals surface area contributed by atoms with Crippen LogP contribution < -0.4 is 5.32 Å². The molecule has 1 unspecified atom stereocenters. The molecule has 0 radical (unpaired) electrons. The zero-order chi connectivity index (χ0) is 21.0. The van der Waals surface area contributed by atoms with E-state index in [1.807, 2.05) is 0 Å². The van der Waals surface area contributed by atoms with Crippen LogP contribution in [0.2, 0.25) is 0 Å². The van der Waals surface area contributed by atoms with Gasteiger partial charge in [-0.2, -0.15) is 13.2 Å². The van der Waals surface area contributed by atoms with Gasteiger partial charge in [0.2, 0.25) is 5.91 Å². The van der Waals surface area contributed by atoms with E-state index in [1.54, 1.807) is 29.9 Å². The normalized spacial score (nSPS) is 13.2. The summed E-state index contributed by atoms with van der Waals surface area (Å²) in [6, 6.07) is 11.6. The summed E-state index contributed by atoms with van der Waals surface area (Å²) in [5.41, 5.74) is -0.850. The fourth-order valence-electron chi connectivity index (χ4n) is 2.90. The summed E-state index contributed by atoms with van der Waals surface area (Å²) in [7, 11) is 1.67. The summed E-state index contributed by atoms with van der Waals surface area (Å²) in [6.45, 7) is 0. The molecule has 1 heterocycles. The number of amides is 1. The van der Waals surface area contributed by atoms with Crippen LogP contribution in [-0.4, -0.2) is 21.6 Å². The number of nitrogens with one attached hydrogen (secondary N) is 1. The molecule has 0 saturated carbocycles. The lowest BCUT2D eigenvalue weighted by Gasteiger charge is -2.19. The number of allylic oxidation sites excluding steroid dienone is 1. The smallest absolute Gasteiger partial charge is 0.338 e. The van der Waals surface area contributed by atoms with E-state index >= 15 is 0 Å². The maximum Gasteiger partial charge on any atom is 0.417 e. The maximum absolute atomic E-state index is 13.7. The topological polar surface area (TPSA) is 46.9 Å². The molecule has 2 aromatic carbocycles. The van der Waals surface area contributed by atoms with Gasteiger partial charge in [0.15, 0.2) is 0 Å². The van der Waals surface area contributed by atoms with E-state index in [-0.39, 0.29) is 5.56 Å². The molecule has 0 aliphatic rings. The third kappa shape index (κ3) is 4.90. The lowest BCUT2D eigenvalue weighted by atomic mass is 10.0. The van der Waals surface area contributed by atoms with Crippen LogP contribution in [0, 0.1) is 5.82 Å². The molecule has 1 amide bonds. The van der Waals surface area contributed by atoms with E-state index in [9.17, 15) is 22.4 Å². The van der Waals surface area contributed by atoms with Crippen molar-refractivity contribution in [3.05, 3.63) is 95.8 Å². The van der Waals surface area contributed by atoms with Crippen LogP contribution in [0.15, 0.2) is 73.1 Å². The largest absolute Gasteiger partial charge is 0.417 e. The van der Waals surface area contributed by atoms with Crippen LogP contribution in [0.4, 0.5) is 17.6 Å². The van der Waals surface area contributed by atoms with Crippen molar-refractivity contribution in [2.45, 2.75) is 12.2 Å². The Bertz CT molecular complexity index is 1030. The van der Waals surface area contributed by atoms with Crippen LogP contribution >= 0.6 is 0 Å². The Kier molecular flexibility index (Phi) is 5.81. The summed E-state index contributed by atoms with van der Waals surface area (Å²) in [5, 5.41) is 2.51. The number of carbonyl (C=O) groups is 1. The average Bonchev–Trinajstić information content (AvgIpc) is 3.09. The standard InChI is InChI=1S/C21H17F4N3O/c1-28-11-10-26-20(28)19(15-8-5-9-16(22)12-15)27-18(29)13-17(21(23,24)25)14-6-3-2-4-7-14/h2-13,19H,1H3,(H,27,29)/b17-13-. The molecule has 4 nitrogen and oxygen atoms in total. The Balaban J connectivity index is 1.98. The van der Waals surface area contributed by atoms with Crippen LogP contribution in [0.5, 0.6) is 0 Å². The molecule has 1 N–H and O–H groups in total. The summed E-state index contributed by atoms with van der Waals surface area (Å²) in [6.07, 6.45) is -1.12. The van der Waals surface area contributed by atoms with Crippen LogP contribution in [0.1, 0.15) is 23.0 Å². The molecule has 0 aliphatic carbocycles. The van der Waals surface area contributed by atoms with Gasteiger partial charge in [0, 0.05) is 25.5 Å². The van der Waals surface area contributed by atoms with Gasteiger partial charge in [-0.15, -0.1) is 0 Å². The Labute approximate surface area is 164 Å². The second-order valence-corrected chi connectivity index (χ2v) is 6.31. The van der Waals surface area contributed by atoms with Gasteiger partial charge in [0.1, 0.15) is 17.7 Å². The van der Waals surface area contributed by atoms with E-state index in [4.69, 9.17) is 0 Å². The van der Waals surface area contributed by atoms with Gasteiger partial charge >= 0.3 is 6.18 Å². The van der Waals surface area contributed by atoms with Crippen molar-refractivity contribution < 1.29 is 22.4 Å². The first-order valence-electron chi connectivity index (χ1n) is 8.63. The predicted octanol–water partition coefficient (Wildman–Crippen LogP) is 4.41. The fourth-order valence-corrected chi connectivity index (χ4v) is 2.90. The van der Waals surface area contributed by atoms with Crippen molar-refractivity contribution in [3.8, 4) is 0 Å². The van der Waals surface area contributed by atoms with Crippen LogP contribution in [0.25, 0.3) is 5.57 Å². The van der Waals surface area contributed by atoms with E-state index < -0.39 is 29.5 Å². The van der Waals surface area contributed by atoms with E-state index in [0.29, 0.717) is 17.5 Å². The highest BCUT2D eigenvalue weighted by Crippen LogP contribution is 2.33. The molecule has 8 heteroatoms. The van der Waals surface area contributed by atoms with E-state index in [1.165, 1.54) is 48.7 Å². The number of hydrogen-bond donors (Lipinski definition) is 1. The average molecular weight is 403 g/mol. The van der Waals surface area contributed by atoms with Gasteiger partial charge in [-0.25, -0.2) is 9.37 Å². The highest BCUT2D eigenvalue weighted by molar-refractivity contribution is 5.96. The SMILES string of the molecule is Cn1ccnc1C(NC(=O)/C=C(/c1ccccc1)C(F)(F)F)c1cccc(F)c1. The Morgan fingerprint density at radius 2 is 1.86 bits per heavy atom. The first-order chi connectivity index (χ1) is 13.8. The number of benzene rings is 2. The predicted molar refractivity (Wildman–Crippen MR) is 100 cm³/mol. The highest BCUT2D eigenvalue weighted by atomic mass is 19.4. The molecule has 0 fully saturated rings. The minimum absolute atomic E-state index is 0.130. The Morgan fingerprint density at radius 1 is 1.14 bits per heavy atom. The van der Waals surface area contributed by atoms with Gasteiger partial charge in [-0.3, -0.25) is 4.79 Å². The lowest BCUT2D eigenvalue weighted by Crippen LogP contribution is -2.30. The molecule has 0 aliphatic heterocycles. The number of imidazole rings is 1. The minimum atomic E-state index is -4.73.